The van der Waals surface area contributed by atoms with Crippen molar-refractivity contribution in [3.05, 3.63) is 48.6 Å². The minimum absolute atomic E-state index is 0.0592. The smallest absolute Gasteiger partial charge is 0.306 e. The zero-order chi connectivity index (χ0) is 57.2. The first-order valence-corrected chi connectivity index (χ1v) is 32.2. The Labute approximate surface area is 480 Å². The third-order valence-corrected chi connectivity index (χ3v) is 15.4. The first-order chi connectivity index (χ1) is 38.6. The molecule has 0 saturated carbocycles. The van der Waals surface area contributed by atoms with Crippen molar-refractivity contribution in [3.8, 4) is 0 Å². The van der Waals surface area contributed by atoms with Crippen LogP contribution in [0.4, 0.5) is 0 Å². The Morgan fingerprint density at radius 2 is 0.823 bits per heavy atom. The van der Waals surface area contributed by atoms with Crippen LogP contribution in [0.1, 0.15) is 258 Å². The van der Waals surface area contributed by atoms with Crippen LogP contribution in [0.25, 0.3) is 0 Å². The van der Waals surface area contributed by atoms with E-state index >= 15 is 0 Å². The number of rotatable bonds is 53. The fourth-order valence-electron chi connectivity index (χ4n) is 10.2. The van der Waals surface area contributed by atoms with E-state index in [2.05, 4.69) is 62.5 Å². The van der Waals surface area contributed by atoms with E-state index in [9.17, 15) is 40.5 Å². The summed E-state index contributed by atoms with van der Waals surface area (Å²) in [6.07, 6.45) is 47.5. The van der Waals surface area contributed by atoms with Gasteiger partial charge in [0.05, 0.1) is 26.4 Å². The molecule has 11 atom stereocenters. The highest BCUT2D eigenvalue weighted by Gasteiger charge is 2.47. The molecule has 0 aromatic rings. The van der Waals surface area contributed by atoms with Gasteiger partial charge in [-0.2, -0.15) is 0 Å². The molecule has 2 aliphatic rings. The second-order valence-electron chi connectivity index (χ2n) is 22.6. The minimum Gasteiger partial charge on any atom is -0.457 e. The molecule has 0 bridgehead atoms. The average Bonchev–Trinajstić information content (AvgIpc) is 3.46. The topological polar surface area (TPSA) is 214 Å². The summed E-state index contributed by atoms with van der Waals surface area (Å²) in [4.78, 5) is 13.1. The highest BCUT2D eigenvalue weighted by Crippen LogP contribution is 2.27. The Kier molecular flexibility index (Phi) is 47.7. The predicted octanol–water partition coefficient (Wildman–Crippen LogP) is 12.6. The van der Waals surface area contributed by atoms with Crippen LogP contribution in [0.15, 0.2) is 48.6 Å². The standard InChI is InChI=1S/C65H118O14/c1-3-5-7-9-11-13-15-17-19-21-23-25-27-28-30-32-34-36-38-40-42-44-46-48-57(67)77-54(51-74-49-47-45-43-41-39-37-35-33-31-29-26-24-22-20-18-16-14-12-10-8-6-4-2)52-75-64-63(73)61(71)59(69)56(79-64)53-76-65-62(72)60(70)58(68)55(50-66)78-65/h6,8,12,14,18,20,24,26,54-56,58-66,68-73H,3-5,7,9-11,13,15-17,19,21-23,25,27-53H2,1-2H3/b8-6-,14-12-,20-18-,26-24-. The van der Waals surface area contributed by atoms with Crippen LogP contribution in [0.5, 0.6) is 0 Å². The molecule has 0 aromatic carbocycles. The van der Waals surface area contributed by atoms with Gasteiger partial charge in [0, 0.05) is 13.0 Å². The van der Waals surface area contributed by atoms with Gasteiger partial charge in [-0.15, -0.1) is 0 Å². The molecule has 0 radical (unpaired) electrons. The van der Waals surface area contributed by atoms with Gasteiger partial charge in [-0.3, -0.25) is 4.79 Å². The molecule has 2 fully saturated rings. The number of carbonyl (C=O) groups is 1. The van der Waals surface area contributed by atoms with E-state index in [0.717, 1.165) is 70.6 Å². The fourth-order valence-corrected chi connectivity index (χ4v) is 10.2. The van der Waals surface area contributed by atoms with Gasteiger partial charge in [0.2, 0.25) is 0 Å². The summed E-state index contributed by atoms with van der Waals surface area (Å²) in [5.41, 5.74) is 0. The molecular weight excluding hydrogens is 1000 g/mol. The van der Waals surface area contributed by atoms with Crippen LogP contribution < -0.4 is 0 Å². The van der Waals surface area contributed by atoms with Crippen LogP contribution in [-0.2, 0) is 33.2 Å². The van der Waals surface area contributed by atoms with E-state index in [0.29, 0.717) is 13.0 Å². The van der Waals surface area contributed by atoms with E-state index in [1.54, 1.807) is 0 Å². The van der Waals surface area contributed by atoms with Gasteiger partial charge in [-0.25, -0.2) is 0 Å². The molecular formula is C65H118O14. The van der Waals surface area contributed by atoms with Crippen molar-refractivity contribution in [2.75, 3.05) is 33.0 Å². The lowest BCUT2D eigenvalue weighted by atomic mass is 9.98. The van der Waals surface area contributed by atoms with Gasteiger partial charge in [0.25, 0.3) is 0 Å². The number of aliphatic hydroxyl groups is 7. The lowest BCUT2D eigenvalue weighted by Crippen LogP contribution is -2.61. The third kappa shape index (κ3) is 37.7. The summed E-state index contributed by atoms with van der Waals surface area (Å²) in [5.74, 6) is -0.373. The van der Waals surface area contributed by atoms with Crippen molar-refractivity contribution in [2.24, 2.45) is 0 Å². The molecule has 2 rings (SSSR count). The van der Waals surface area contributed by atoms with Crippen molar-refractivity contribution in [1.29, 1.82) is 0 Å². The quantitative estimate of drug-likeness (QED) is 0.0172. The molecule has 2 saturated heterocycles. The summed E-state index contributed by atoms with van der Waals surface area (Å²) < 4.78 is 34.5. The Bertz CT molecular complexity index is 1490. The molecule has 79 heavy (non-hydrogen) atoms. The van der Waals surface area contributed by atoms with E-state index in [1.165, 1.54) is 161 Å². The van der Waals surface area contributed by atoms with Crippen LogP contribution in [-0.4, -0.2) is 142 Å². The largest absolute Gasteiger partial charge is 0.457 e. The monoisotopic (exact) mass is 1120 g/mol. The average molecular weight is 1120 g/mol. The molecule has 2 aliphatic heterocycles. The van der Waals surface area contributed by atoms with Gasteiger partial charge in [-0.05, 0) is 51.4 Å². The van der Waals surface area contributed by atoms with Crippen molar-refractivity contribution >= 4 is 5.97 Å². The number of allylic oxidation sites excluding steroid dienone is 8. The maximum atomic E-state index is 13.1. The number of unbranched alkanes of at least 4 members (excludes halogenated alkanes) is 31. The zero-order valence-corrected chi connectivity index (χ0v) is 49.9. The molecule has 0 aliphatic carbocycles. The second-order valence-corrected chi connectivity index (χ2v) is 22.6. The summed E-state index contributed by atoms with van der Waals surface area (Å²) in [6, 6.07) is 0. The summed E-state index contributed by atoms with van der Waals surface area (Å²) in [5, 5.41) is 72.5. The Morgan fingerprint density at radius 1 is 0.430 bits per heavy atom. The lowest BCUT2D eigenvalue weighted by molar-refractivity contribution is -0.332. The van der Waals surface area contributed by atoms with E-state index < -0.39 is 80.7 Å². The van der Waals surface area contributed by atoms with Gasteiger partial charge < -0.3 is 64.2 Å². The summed E-state index contributed by atoms with van der Waals surface area (Å²) in [6.45, 7) is 3.61. The molecule has 2 heterocycles. The molecule has 7 N–H and O–H groups in total. The Balaban J connectivity index is 1.67. The molecule has 11 unspecified atom stereocenters. The number of ether oxygens (including phenoxy) is 6. The van der Waals surface area contributed by atoms with Crippen molar-refractivity contribution in [3.63, 3.8) is 0 Å². The van der Waals surface area contributed by atoms with Crippen molar-refractivity contribution < 1.29 is 69.0 Å². The molecule has 0 spiro atoms. The SMILES string of the molecule is CC/C=C\C/C=C\C/C=C\C/C=C\CCCCCCCCCCCOCC(COC1OC(COC2OC(CO)C(O)C(O)C2O)C(O)C(O)C1O)OC(=O)CCCCCCCCCCCCCCCCCCCCCCCCC. The lowest BCUT2D eigenvalue weighted by Gasteiger charge is -2.42. The first-order valence-electron chi connectivity index (χ1n) is 32.2. The maximum absolute atomic E-state index is 13.1. The molecule has 0 aromatic heterocycles. The van der Waals surface area contributed by atoms with Crippen molar-refractivity contribution in [2.45, 2.75) is 325 Å². The predicted molar refractivity (Wildman–Crippen MR) is 316 cm³/mol. The van der Waals surface area contributed by atoms with Crippen LogP contribution in [0, 0.1) is 0 Å². The van der Waals surface area contributed by atoms with Crippen LogP contribution >= 0.6 is 0 Å². The number of hydrogen-bond donors (Lipinski definition) is 7. The van der Waals surface area contributed by atoms with Gasteiger partial charge in [0.15, 0.2) is 12.6 Å². The van der Waals surface area contributed by atoms with Gasteiger partial charge >= 0.3 is 5.97 Å². The molecule has 462 valence electrons. The molecule has 14 nitrogen and oxygen atoms in total. The minimum atomic E-state index is -1.71. The Morgan fingerprint density at radius 3 is 1.29 bits per heavy atom. The highest BCUT2D eigenvalue weighted by molar-refractivity contribution is 5.69. The second kappa shape index (κ2) is 51.6. The first kappa shape index (κ1) is 73.1. The summed E-state index contributed by atoms with van der Waals surface area (Å²) >= 11 is 0. The van der Waals surface area contributed by atoms with Gasteiger partial charge in [0.1, 0.15) is 54.9 Å². The Hall–Kier alpha value is -2.05. The van der Waals surface area contributed by atoms with E-state index in [4.69, 9.17) is 28.4 Å². The van der Waals surface area contributed by atoms with Crippen LogP contribution in [0.3, 0.4) is 0 Å². The fraction of sp³-hybridized carbons (Fsp3) is 0.862. The molecule has 0 amide bonds. The summed E-state index contributed by atoms with van der Waals surface area (Å²) in [7, 11) is 0. The zero-order valence-electron chi connectivity index (χ0n) is 49.9. The van der Waals surface area contributed by atoms with E-state index in [-0.39, 0.29) is 25.6 Å². The van der Waals surface area contributed by atoms with Crippen molar-refractivity contribution in [1.82, 2.24) is 0 Å². The van der Waals surface area contributed by atoms with Crippen LogP contribution in [0.2, 0.25) is 0 Å². The number of esters is 1. The molecule has 14 heteroatoms. The number of carbonyl (C=O) groups excluding carboxylic acids is 1. The highest BCUT2D eigenvalue weighted by atomic mass is 16.7. The number of aliphatic hydroxyl groups excluding tert-OH is 7. The van der Waals surface area contributed by atoms with E-state index in [1.807, 2.05) is 0 Å². The normalized spacial score (nSPS) is 24.3. The van der Waals surface area contributed by atoms with Gasteiger partial charge in [-0.1, -0.05) is 249 Å². The maximum Gasteiger partial charge on any atom is 0.306 e. The third-order valence-electron chi connectivity index (χ3n) is 15.4. The number of hydrogen-bond acceptors (Lipinski definition) is 14.